The Kier molecular flexibility index (Phi) is 6.71. The number of nitrogens with zero attached hydrogens (tertiary/aromatic N) is 3. The van der Waals surface area contributed by atoms with E-state index < -0.39 is 12.1 Å². The van der Waals surface area contributed by atoms with E-state index in [0.717, 1.165) is 24.8 Å². The largest absolute Gasteiger partial charge is 0.445 e. The third kappa shape index (κ3) is 5.65. The molecule has 1 aromatic carbocycles. The van der Waals surface area contributed by atoms with Crippen molar-refractivity contribution < 1.29 is 19.1 Å². The summed E-state index contributed by atoms with van der Waals surface area (Å²) in [7, 11) is 0. The number of aromatic nitrogens is 2. The molecular weight excluding hydrogens is 466 g/mol. The summed E-state index contributed by atoms with van der Waals surface area (Å²) in [5, 5.41) is 7.97. The Balaban J connectivity index is 1.17. The van der Waals surface area contributed by atoms with E-state index >= 15 is 0 Å². The fraction of sp³-hybridized carbons (Fsp3) is 0.320. The molecule has 1 unspecified atom stereocenters. The van der Waals surface area contributed by atoms with Crippen LogP contribution in [0.25, 0.3) is 11.4 Å². The Morgan fingerprint density at radius 1 is 1.06 bits per heavy atom. The van der Waals surface area contributed by atoms with Crippen LogP contribution in [0.2, 0.25) is 0 Å². The molecule has 0 spiro atoms. The van der Waals surface area contributed by atoms with Gasteiger partial charge in [0.15, 0.2) is 5.13 Å². The van der Waals surface area contributed by atoms with Crippen LogP contribution in [0.1, 0.15) is 41.6 Å². The molecule has 9 nitrogen and oxygen atoms in total. The summed E-state index contributed by atoms with van der Waals surface area (Å²) in [5.74, 6) is -0.415. The third-order valence-electron chi connectivity index (χ3n) is 5.93. The number of nitrogens with one attached hydrogen (secondary N) is 2. The Hall–Kier alpha value is -3.79. The first-order valence-corrected chi connectivity index (χ1v) is 12.5. The van der Waals surface area contributed by atoms with Gasteiger partial charge in [-0.2, -0.15) is 0 Å². The van der Waals surface area contributed by atoms with Crippen LogP contribution in [0.4, 0.5) is 9.93 Å². The molecule has 2 aliphatic rings. The Bertz CT molecular complexity index is 1210. The molecule has 1 aliphatic carbocycles. The van der Waals surface area contributed by atoms with Gasteiger partial charge in [-0.05, 0) is 43.4 Å². The quantitative estimate of drug-likeness (QED) is 0.519. The van der Waals surface area contributed by atoms with Crippen LogP contribution >= 0.6 is 11.3 Å². The molecule has 2 fully saturated rings. The number of ether oxygens (including phenoxy) is 1. The SMILES string of the molecule is O=C(NC1CC1)c1ccc(-c2csc(NC(=O)C3CCCN3C(=O)OCc3ccccc3)n2)nc1. The molecule has 35 heavy (non-hydrogen) atoms. The van der Waals surface area contributed by atoms with Crippen LogP contribution in [-0.4, -0.2) is 51.4 Å². The highest BCUT2D eigenvalue weighted by molar-refractivity contribution is 7.14. The Morgan fingerprint density at radius 3 is 2.63 bits per heavy atom. The van der Waals surface area contributed by atoms with Crippen molar-refractivity contribution in [2.75, 3.05) is 11.9 Å². The molecule has 1 aliphatic heterocycles. The summed E-state index contributed by atoms with van der Waals surface area (Å²) in [5.41, 5.74) is 2.60. The van der Waals surface area contributed by atoms with Gasteiger partial charge in [-0.15, -0.1) is 11.3 Å². The zero-order valence-corrected chi connectivity index (χ0v) is 19.8. The number of pyridine rings is 1. The highest BCUT2D eigenvalue weighted by atomic mass is 32.1. The van der Waals surface area contributed by atoms with Gasteiger partial charge in [-0.3, -0.25) is 19.5 Å². The van der Waals surface area contributed by atoms with E-state index in [-0.39, 0.29) is 24.5 Å². The van der Waals surface area contributed by atoms with Crippen LogP contribution in [0.3, 0.4) is 0 Å². The van der Waals surface area contributed by atoms with Crippen LogP contribution in [0.5, 0.6) is 0 Å². The highest BCUT2D eigenvalue weighted by Gasteiger charge is 2.35. The number of hydrogen-bond acceptors (Lipinski definition) is 7. The summed E-state index contributed by atoms with van der Waals surface area (Å²) >= 11 is 1.28. The first-order chi connectivity index (χ1) is 17.1. The molecule has 3 aromatic rings. The average Bonchev–Trinajstić information content (AvgIpc) is 3.35. The van der Waals surface area contributed by atoms with Crippen LogP contribution < -0.4 is 10.6 Å². The topological polar surface area (TPSA) is 114 Å². The molecule has 2 aromatic heterocycles. The van der Waals surface area contributed by atoms with Gasteiger partial charge in [0.05, 0.1) is 11.3 Å². The summed E-state index contributed by atoms with van der Waals surface area (Å²) in [6.07, 6.45) is 4.38. The van der Waals surface area contributed by atoms with Gasteiger partial charge in [0.2, 0.25) is 5.91 Å². The molecule has 1 saturated carbocycles. The number of thiazole rings is 1. The number of amides is 3. The second-order valence-corrected chi connectivity index (χ2v) is 9.46. The van der Waals surface area contributed by atoms with Crippen LogP contribution in [-0.2, 0) is 16.1 Å². The van der Waals surface area contributed by atoms with Gasteiger partial charge in [0, 0.05) is 24.2 Å². The van der Waals surface area contributed by atoms with Crippen molar-refractivity contribution in [3.63, 3.8) is 0 Å². The van der Waals surface area contributed by atoms with E-state index in [0.29, 0.717) is 35.0 Å². The monoisotopic (exact) mass is 491 g/mol. The maximum absolute atomic E-state index is 12.9. The minimum Gasteiger partial charge on any atom is -0.445 e. The van der Waals surface area contributed by atoms with E-state index in [1.807, 2.05) is 30.3 Å². The highest BCUT2D eigenvalue weighted by Crippen LogP contribution is 2.26. The second kappa shape index (κ2) is 10.2. The first-order valence-electron chi connectivity index (χ1n) is 11.6. The molecule has 10 heteroatoms. The van der Waals surface area contributed by atoms with Crippen molar-refractivity contribution in [2.45, 2.75) is 44.4 Å². The van der Waals surface area contributed by atoms with Crippen molar-refractivity contribution in [1.29, 1.82) is 0 Å². The van der Waals surface area contributed by atoms with E-state index in [9.17, 15) is 14.4 Å². The lowest BCUT2D eigenvalue weighted by molar-refractivity contribution is -0.120. The number of carbonyl (C=O) groups excluding carboxylic acids is 3. The number of likely N-dealkylation sites (tertiary alicyclic amines) is 1. The molecule has 2 N–H and O–H groups in total. The second-order valence-electron chi connectivity index (χ2n) is 8.60. The van der Waals surface area contributed by atoms with Gasteiger partial charge < -0.3 is 15.4 Å². The summed E-state index contributed by atoms with van der Waals surface area (Å²) < 4.78 is 5.41. The first kappa shape index (κ1) is 23.0. The van der Waals surface area contributed by atoms with Gasteiger partial charge in [0.25, 0.3) is 5.91 Å². The number of carbonyl (C=O) groups is 3. The van der Waals surface area contributed by atoms with E-state index in [2.05, 4.69) is 20.6 Å². The van der Waals surface area contributed by atoms with Gasteiger partial charge in [-0.25, -0.2) is 9.78 Å². The van der Waals surface area contributed by atoms with Crippen LogP contribution in [0, 0.1) is 0 Å². The zero-order chi connectivity index (χ0) is 24.2. The predicted molar refractivity (Wildman–Crippen MR) is 131 cm³/mol. The molecule has 3 amide bonds. The van der Waals surface area contributed by atoms with Gasteiger partial charge >= 0.3 is 6.09 Å². The minimum absolute atomic E-state index is 0.124. The lowest BCUT2D eigenvalue weighted by atomic mass is 10.2. The third-order valence-corrected chi connectivity index (χ3v) is 6.69. The Morgan fingerprint density at radius 2 is 1.89 bits per heavy atom. The molecule has 1 atom stereocenters. The number of hydrogen-bond donors (Lipinski definition) is 2. The van der Waals surface area contributed by atoms with Crippen molar-refractivity contribution in [2.24, 2.45) is 0 Å². The lowest BCUT2D eigenvalue weighted by Crippen LogP contribution is -2.43. The van der Waals surface area contributed by atoms with Crippen molar-refractivity contribution in [1.82, 2.24) is 20.2 Å². The van der Waals surface area contributed by atoms with Gasteiger partial charge in [0.1, 0.15) is 18.3 Å². The number of anilines is 1. The number of rotatable bonds is 7. The predicted octanol–water partition coefficient (Wildman–Crippen LogP) is 3.84. The molecule has 0 radical (unpaired) electrons. The minimum atomic E-state index is -0.604. The maximum Gasteiger partial charge on any atom is 0.410 e. The molecular formula is C25H25N5O4S. The van der Waals surface area contributed by atoms with Crippen molar-refractivity contribution in [3.05, 3.63) is 65.2 Å². The zero-order valence-electron chi connectivity index (χ0n) is 19.0. The fourth-order valence-electron chi connectivity index (χ4n) is 3.87. The normalized spacial score (nSPS) is 17.1. The van der Waals surface area contributed by atoms with Crippen molar-refractivity contribution in [3.8, 4) is 11.4 Å². The average molecular weight is 492 g/mol. The fourth-order valence-corrected chi connectivity index (χ4v) is 4.58. The molecule has 180 valence electrons. The molecule has 0 bridgehead atoms. The summed E-state index contributed by atoms with van der Waals surface area (Å²) in [6, 6.07) is 12.6. The van der Waals surface area contributed by atoms with Crippen LogP contribution in [0.15, 0.2) is 54.0 Å². The van der Waals surface area contributed by atoms with Crippen molar-refractivity contribution >= 4 is 34.4 Å². The standard InChI is InChI=1S/C25H25N5O4S/c31-22(27-18-9-10-18)17-8-11-19(26-13-17)20-15-35-24(28-20)29-23(32)21-7-4-12-30(21)25(33)34-14-16-5-2-1-3-6-16/h1-3,5-6,8,11,13,15,18,21H,4,7,9-10,12,14H2,(H,27,31)(H,28,29,32). The number of benzene rings is 1. The smallest absolute Gasteiger partial charge is 0.410 e. The van der Waals surface area contributed by atoms with E-state index in [1.165, 1.54) is 22.4 Å². The maximum atomic E-state index is 12.9. The molecule has 1 saturated heterocycles. The van der Waals surface area contributed by atoms with Gasteiger partial charge in [-0.1, -0.05) is 30.3 Å². The summed E-state index contributed by atoms with van der Waals surface area (Å²) in [6.45, 7) is 0.633. The Labute approximate surface area is 206 Å². The summed E-state index contributed by atoms with van der Waals surface area (Å²) in [4.78, 5) is 47.9. The molecule has 5 rings (SSSR count). The van der Waals surface area contributed by atoms with E-state index in [4.69, 9.17) is 4.74 Å². The molecule has 3 heterocycles. The van der Waals surface area contributed by atoms with E-state index in [1.54, 1.807) is 17.5 Å². The lowest BCUT2D eigenvalue weighted by Gasteiger charge is -2.22.